The quantitative estimate of drug-likeness (QED) is 0.861. The smallest absolute Gasteiger partial charge is 0.257 e. The maximum atomic E-state index is 12.1. The number of nitrogens with zero attached hydrogens (tertiary/aromatic N) is 3. The zero-order chi connectivity index (χ0) is 13.8. The third-order valence-corrected chi connectivity index (χ3v) is 3.21. The summed E-state index contributed by atoms with van der Waals surface area (Å²) < 4.78 is 0. The summed E-state index contributed by atoms with van der Waals surface area (Å²) in [6, 6.07) is 1.44. The Bertz CT molecular complexity index is 484. The minimum Gasteiger partial charge on any atom is -0.505 e. The monoisotopic (exact) mass is 263 g/mol. The number of hydrogen-bond acceptors (Lipinski definition) is 4. The average molecular weight is 263 g/mol. The Morgan fingerprint density at radius 1 is 1.42 bits per heavy atom. The molecule has 0 aromatic carbocycles. The topological polar surface area (TPSA) is 73.7 Å². The van der Waals surface area contributed by atoms with E-state index in [1.807, 2.05) is 0 Å². The fourth-order valence-corrected chi connectivity index (χ4v) is 2.11. The van der Waals surface area contributed by atoms with Crippen molar-refractivity contribution >= 4 is 11.8 Å². The van der Waals surface area contributed by atoms with Gasteiger partial charge in [-0.05, 0) is 18.9 Å². The van der Waals surface area contributed by atoms with Crippen LogP contribution in [0.15, 0.2) is 18.5 Å². The van der Waals surface area contributed by atoms with Crippen LogP contribution < -0.4 is 0 Å². The highest BCUT2D eigenvalue weighted by Gasteiger charge is 2.22. The van der Waals surface area contributed by atoms with Crippen molar-refractivity contribution in [2.24, 2.45) is 0 Å². The molecule has 1 aromatic rings. The van der Waals surface area contributed by atoms with Gasteiger partial charge in [0.1, 0.15) is 5.75 Å². The lowest BCUT2D eigenvalue weighted by Gasteiger charge is -2.21. The molecule has 19 heavy (non-hydrogen) atoms. The van der Waals surface area contributed by atoms with Crippen molar-refractivity contribution in [1.29, 1.82) is 0 Å². The van der Waals surface area contributed by atoms with Crippen molar-refractivity contribution in [3.8, 4) is 5.75 Å². The van der Waals surface area contributed by atoms with Crippen LogP contribution in [0.2, 0.25) is 0 Å². The van der Waals surface area contributed by atoms with E-state index < -0.39 is 0 Å². The first-order valence-corrected chi connectivity index (χ1v) is 6.26. The van der Waals surface area contributed by atoms with Crippen molar-refractivity contribution in [2.75, 3.05) is 26.7 Å². The van der Waals surface area contributed by atoms with E-state index in [0.717, 1.165) is 25.9 Å². The number of aromatic hydroxyl groups is 1. The molecule has 2 heterocycles. The number of likely N-dealkylation sites (tertiary alicyclic amines) is 1. The molecule has 1 aliphatic heterocycles. The van der Waals surface area contributed by atoms with Crippen molar-refractivity contribution < 1.29 is 14.7 Å². The first kappa shape index (κ1) is 13.3. The largest absolute Gasteiger partial charge is 0.505 e. The van der Waals surface area contributed by atoms with Gasteiger partial charge in [0.05, 0.1) is 18.3 Å². The minimum absolute atomic E-state index is 0.0284. The molecule has 0 spiro atoms. The highest BCUT2D eigenvalue weighted by Crippen LogP contribution is 2.16. The van der Waals surface area contributed by atoms with Crippen molar-refractivity contribution in [3.05, 3.63) is 24.0 Å². The van der Waals surface area contributed by atoms with Gasteiger partial charge < -0.3 is 14.9 Å². The second kappa shape index (κ2) is 5.69. The van der Waals surface area contributed by atoms with Crippen molar-refractivity contribution in [3.63, 3.8) is 0 Å². The number of aromatic nitrogens is 1. The van der Waals surface area contributed by atoms with E-state index in [9.17, 15) is 14.7 Å². The number of pyridine rings is 1. The number of carbonyl (C=O) groups is 2. The number of amides is 2. The van der Waals surface area contributed by atoms with Crippen LogP contribution in [0.1, 0.15) is 23.2 Å². The lowest BCUT2D eigenvalue weighted by Crippen LogP contribution is -2.39. The second-order valence-electron chi connectivity index (χ2n) is 4.64. The first-order chi connectivity index (χ1) is 9.09. The van der Waals surface area contributed by atoms with Gasteiger partial charge in [-0.1, -0.05) is 0 Å². The Balaban J connectivity index is 1.99. The Morgan fingerprint density at radius 3 is 2.74 bits per heavy atom. The Labute approximate surface area is 111 Å². The van der Waals surface area contributed by atoms with Gasteiger partial charge in [0.15, 0.2) is 0 Å². The predicted octanol–water partition coefficient (Wildman–Crippen LogP) is 0.482. The third-order valence-electron chi connectivity index (χ3n) is 3.21. The van der Waals surface area contributed by atoms with Crippen LogP contribution in [-0.4, -0.2) is 58.4 Å². The highest BCUT2D eigenvalue weighted by molar-refractivity contribution is 5.98. The summed E-state index contributed by atoms with van der Waals surface area (Å²) in [4.78, 5) is 30.8. The van der Waals surface area contributed by atoms with Gasteiger partial charge >= 0.3 is 0 Å². The fourth-order valence-electron chi connectivity index (χ4n) is 2.11. The maximum absolute atomic E-state index is 12.1. The van der Waals surface area contributed by atoms with Gasteiger partial charge in [-0.2, -0.15) is 0 Å². The molecule has 0 aliphatic carbocycles. The number of likely N-dealkylation sites (N-methyl/N-ethyl adjacent to an activating group) is 1. The molecule has 2 amide bonds. The average Bonchev–Trinajstić information content (AvgIpc) is 2.92. The van der Waals surface area contributed by atoms with E-state index in [4.69, 9.17) is 0 Å². The molecule has 1 aliphatic rings. The maximum Gasteiger partial charge on any atom is 0.257 e. The van der Waals surface area contributed by atoms with Crippen LogP contribution in [0.4, 0.5) is 0 Å². The molecule has 0 radical (unpaired) electrons. The number of hydrogen-bond donors (Lipinski definition) is 1. The van der Waals surface area contributed by atoms with Crippen molar-refractivity contribution in [1.82, 2.24) is 14.8 Å². The number of carbonyl (C=O) groups excluding carboxylic acids is 2. The molecule has 0 atom stereocenters. The van der Waals surface area contributed by atoms with Crippen LogP contribution in [-0.2, 0) is 4.79 Å². The van der Waals surface area contributed by atoms with Gasteiger partial charge in [-0.3, -0.25) is 14.6 Å². The first-order valence-electron chi connectivity index (χ1n) is 6.26. The fraction of sp³-hybridized carbons (Fsp3) is 0.462. The molecule has 6 nitrogen and oxygen atoms in total. The summed E-state index contributed by atoms with van der Waals surface area (Å²) in [5, 5.41) is 9.57. The summed E-state index contributed by atoms with van der Waals surface area (Å²) in [6.45, 7) is 1.56. The Kier molecular flexibility index (Phi) is 3.99. The zero-order valence-electron chi connectivity index (χ0n) is 10.9. The lowest BCUT2D eigenvalue weighted by atomic mass is 10.2. The van der Waals surface area contributed by atoms with Gasteiger partial charge in [-0.15, -0.1) is 0 Å². The molecular weight excluding hydrogens is 246 g/mol. The van der Waals surface area contributed by atoms with Crippen molar-refractivity contribution in [2.45, 2.75) is 12.8 Å². The van der Waals surface area contributed by atoms with Gasteiger partial charge in [-0.25, -0.2) is 0 Å². The summed E-state index contributed by atoms with van der Waals surface area (Å²) in [5.41, 5.74) is 0.159. The van der Waals surface area contributed by atoms with Gasteiger partial charge in [0.25, 0.3) is 5.91 Å². The van der Waals surface area contributed by atoms with E-state index in [1.165, 1.54) is 23.4 Å². The molecule has 0 saturated carbocycles. The van der Waals surface area contributed by atoms with Crippen LogP contribution in [0.5, 0.6) is 5.75 Å². The lowest BCUT2D eigenvalue weighted by molar-refractivity contribution is -0.130. The minimum atomic E-state index is -0.382. The normalized spacial score (nSPS) is 14.5. The third kappa shape index (κ3) is 3.01. The standard InChI is InChI=1S/C13H17N3O3/c1-15(9-12(18)16-6-2-3-7-16)13(19)10-4-5-14-8-11(10)17/h4-5,8,17H,2-3,6-7,9H2,1H3. The summed E-state index contributed by atoms with van der Waals surface area (Å²) in [6.07, 6.45) is 4.69. The summed E-state index contributed by atoms with van der Waals surface area (Å²) in [5.74, 6) is -0.609. The Hall–Kier alpha value is -2.11. The Morgan fingerprint density at radius 2 is 2.11 bits per heavy atom. The molecule has 1 saturated heterocycles. The van der Waals surface area contributed by atoms with Crippen LogP contribution in [0.3, 0.4) is 0 Å². The number of rotatable bonds is 3. The molecule has 1 aromatic heterocycles. The molecule has 1 fully saturated rings. The molecule has 0 bridgehead atoms. The zero-order valence-corrected chi connectivity index (χ0v) is 10.9. The van der Waals surface area contributed by atoms with Crippen LogP contribution in [0, 0.1) is 0 Å². The van der Waals surface area contributed by atoms with Crippen LogP contribution in [0.25, 0.3) is 0 Å². The van der Waals surface area contributed by atoms with E-state index in [0.29, 0.717) is 0 Å². The van der Waals surface area contributed by atoms with E-state index in [2.05, 4.69) is 4.98 Å². The second-order valence-corrected chi connectivity index (χ2v) is 4.64. The molecular formula is C13H17N3O3. The molecule has 6 heteroatoms. The molecule has 1 N–H and O–H groups in total. The summed E-state index contributed by atoms with van der Waals surface area (Å²) >= 11 is 0. The SMILES string of the molecule is CN(CC(=O)N1CCCC1)C(=O)c1ccncc1O. The van der Waals surface area contributed by atoms with E-state index >= 15 is 0 Å². The van der Waals surface area contributed by atoms with Crippen LogP contribution >= 0.6 is 0 Å². The predicted molar refractivity (Wildman–Crippen MR) is 68.7 cm³/mol. The highest BCUT2D eigenvalue weighted by atomic mass is 16.3. The summed E-state index contributed by atoms with van der Waals surface area (Å²) in [7, 11) is 1.55. The van der Waals surface area contributed by atoms with E-state index in [-0.39, 0.29) is 29.7 Å². The molecule has 2 rings (SSSR count). The van der Waals surface area contributed by atoms with Gasteiger partial charge in [0.2, 0.25) is 5.91 Å². The van der Waals surface area contributed by atoms with Gasteiger partial charge in [0, 0.05) is 26.3 Å². The molecule has 0 unspecified atom stereocenters. The molecule has 102 valence electrons. The van der Waals surface area contributed by atoms with E-state index in [1.54, 1.807) is 11.9 Å².